The SMILES string of the molecule is CC(C(=O)O)(C(=O)O)C(C(=O)O)(c1ccccc1)c1ccccc1. The first-order valence-electron chi connectivity index (χ1n) is 7.10. The standard InChI is InChI=1S/C18H16O6/c1-17(14(19)20,15(21)22)18(16(23)24,12-8-4-2-5-9-12)13-10-6-3-7-11-13/h2-11H,1H3,(H,19,20)(H,21,22)(H,23,24). The van der Waals surface area contributed by atoms with Gasteiger partial charge in [0, 0.05) is 0 Å². The fourth-order valence-electron chi connectivity index (χ4n) is 2.99. The first-order chi connectivity index (χ1) is 11.3. The zero-order valence-corrected chi connectivity index (χ0v) is 12.8. The molecule has 0 saturated heterocycles. The Hall–Kier alpha value is -3.15. The lowest BCUT2D eigenvalue weighted by Crippen LogP contribution is -2.59. The first kappa shape index (κ1) is 17.2. The van der Waals surface area contributed by atoms with Gasteiger partial charge in [0.1, 0.15) is 5.41 Å². The van der Waals surface area contributed by atoms with Gasteiger partial charge in [0.15, 0.2) is 5.41 Å². The number of carboxylic acids is 3. The van der Waals surface area contributed by atoms with Gasteiger partial charge < -0.3 is 15.3 Å². The third-order valence-electron chi connectivity index (χ3n) is 4.34. The van der Waals surface area contributed by atoms with E-state index in [0.29, 0.717) is 0 Å². The second kappa shape index (κ2) is 6.16. The summed E-state index contributed by atoms with van der Waals surface area (Å²) < 4.78 is 0. The lowest BCUT2D eigenvalue weighted by molar-refractivity contribution is -0.175. The molecule has 0 atom stereocenters. The van der Waals surface area contributed by atoms with E-state index >= 15 is 0 Å². The molecule has 0 radical (unpaired) electrons. The molecule has 2 aromatic carbocycles. The van der Waals surface area contributed by atoms with Gasteiger partial charge in [0.25, 0.3) is 0 Å². The van der Waals surface area contributed by atoms with Crippen molar-refractivity contribution in [1.29, 1.82) is 0 Å². The van der Waals surface area contributed by atoms with Crippen LogP contribution in [0.25, 0.3) is 0 Å². The Morgan fingerprint density at radius 1 is 0.667 bits per heavy atom. The van der Waals surface area contributed by atoms with Gasteiger partial charge in [-0.25, -0.2) is 0 Å². The van der Waals surface area contributed by atoms with Crippen molar-refractivity contribution < 1.29 is 29.7 Å². The zero-order chi connectivity index (χ0) is 18.0. The molecule has 0 amide bonds. The minimum Gasteiger partial charge on any atom is -0.480 e. The number of aliphatic carboxylic acids is 3. The van der Waals surface area contributed by atoms with E-state index in [9.17, 15) is 29.7 Å². The summed E-state index contributed by atoms with van der Waals surface area (Å²) in [6, 6.07) is 15.1. The van der Waals surface area contributed by atoms with E-state index in [1.165, 1.54) is 24.3 Å². The first-order valence-corrected chi connectivity index (χ1v) is 7.10. The predicted octanol–water partition coefficient (Wildman–Crippen LogP) is 2.23. The number of hydrogen-bond acceptors (Lipinski definition) is 3. The van der Waals surface area contributed by atoms with Crippen LogP contribution in [0.2, 0.25) is 0 Å². The zero-order valence-electron chi connectivity index (χ0n) is 12.8. The van der Waals surface area contributed by atoms with Crippen LogP contribution in [-0.4, -0.2) is 33.2 Å². The van der Waals surface area contributed by atoms with Crippen molar-refractivity contribution in [2.24, 2.45) is 5.41 Å². The highest BCUT2D eigenvalue weighted by atomic mass is 16.4. The average molecular weight is 328 g/mol. The lowest BCUT2D eigenvalue weighted by Gasteiger charge is -2.40. The normalized spacial score (nSPS) is 11.7. The Labute approximate surface area is 138 Å². The maximum atomic E-state index is 12.4. The molecule has 2 rings (SSSR count). The van der Waals surface area contributed by atoms with Crippen LogP contribution < -0.4 is 0 Å². The average Bonchev–Trinajstić information content (AvgIpc) is 2.56. The maximum absolute atomic E-state index is 12.4. The molecule has 0 fully saturated rings. The minimum absolute atomic E-state index is 0.0796. The third kappa shape index (κ3) is 2.23. The molecule has 0 saturated carbocycles. The molecule has 3 N–H and O–H groups in total. The maximum Gasteiger partial charge on any atom is 0.322 e. The number of rotatable bonds is 6. The molecule has 0 aliphatic heterocycles. The van der Waals surface area contributed by atoms with Gasteiger partial charge in [0.2, 0.25) is 0 Å². The highest BCUT2D eigenvalue weighted by Gasteiger charge is 2.65. The van der Waals surface area contributed by atoms with Gasteiger partial charge in [-0.05, 0) is 18.1 Å². The highest BCUT2D eigenvalue weighted by molar-refractivity contribution is 6.08. The van der Waals surface area contributed by atoms with Crippen LogP contribution in [0.1, 0.15) is 18.1 Å². The molecule has 124 valence electrons. The van der Waals surface area contributed by atoms with Crippen LogP contribution in [0.3, 0.4) is 0 Å². The van der Waals surface area contributed by atoms with Crippen LogP contribution in [0, 0.1) is 5.41 Å². The predicted molar refractivity (Wildman–Crippen MR) is 84.7 cm³/mol. The van der Waals surface area contributed by atoms with Crippen molar-refractivity contribution in [2.45, 2.75) is 12.3 Å². The smallest absolute Gasteiger partial charge is 0.322 e. The summed E-state index contributed by atoms with van der Waals surface area (Å²) in [6.45, 7) is 0.922. The van der Waals surface area contributed by atoms with E-state index in [1.807, 2.05) is 0 Å². The van der Waals surface area contributed by atoms with E-state index in [0.717, 1.165) is 6.92 Å². The molecule has 0 bridgehead atoms. The van der Waals surface area contributed by atoms with E-state index in [4.69, 9.17) is 0 Å². The molecule has 2 aromatic rings. The van der Waals surface area contributed by atoms with Gasteiger partial charge >= 0.3 is 17.9 Å². The summed E-state index contributed by atoms with van der Waals surface area (Å²) in [7, 11) is 0. The molecule has 0 aliphatic carbocycles. The van der Waals surface area contributed by atoms with Gasteiger partial charge in [-0.3, -0.25) is 14.4 Å². The van der Waals surface area contributed by atoms with Crippen molar-refractivity contribution in [2.75, 3.05) is 0 Å². The van der Waals surface area contributed by atoms with Crippen LogP contribution in [0.5, 0.6) is 0 Å². The van der Waals surface area contributed by atoms with Crippen molar-refractivity contribution in [3.63, 3.8) is 0 Å². The number of carboxylic acid groups (broad SMARTS) is 3. The second-order valence-electron chi connectivity index (χ2n) is 5.52. The molecular weight excluding hydrogens is 312 g/mol. The fourth-order valence-corrected chi connectivity index (χ4v) is 2.99. The van der Waals surface area contributed by atoms with Crippen molar-refractivity contribution in [1.82, 2.24) is 0 Å². The van der Waals surface area contributed by atoms with Crippen LogP contribution in [0.4, 0.5) is 0 Å². The monoisotopic (exact) mass is 328 g/mol. The molecule has 6 nitrogen and oxygen atoms in total. The quantitative estimate of drug-likeness (QED) is 0.701. The van der Waals surface area contributed by atoms with E-state index in [-0.39, 0.29) is 11.1 Å². The van der Waals surface area contributed by atoms with Crippen LogP contribution in [0.15, 0.2) is 60.7 Å². The largest absolute Gasteiger partial charge is 0.480 e. The van der Waals surface area contributed by atoms with Gasteiger partial charge in [0.05, 0.1) is 0 Å². The van der Waals surface area contributed by atoms with E-state index < -0.39 is 28.7 Å². The molecule has 0 spiro atoms. The molecule has 0 unspecified atom stereocenters. The molecule has 0 aliphatic rings. The Bertz CT molecular complexity index is 713. The fraction of sp³-hybridized carbons (Fsp3) is 0.167. The number of benzene rings is 2. The van der Waals surface area contributed by atoms with Crippen LogP contribution >= 0.6 is 0 Å². The molecule has 0 heterocycles. The Kier molecular flexibility index (Phi) is 4.41. The highest BCUT2D eigenvalue weighted by Crippen LogP contribution is 2.48. The van der Waals surface area contributed by atoms with Crippen molar-refractivity contribution in [3.8, 4) is 0 Å². The number of hydrogen-bond donors (Lipinski definition) is 3. The minimum atomic E-state index is -2.62. The van der Waals surface area contributed by atoms with Crippen LogP contribution in [-0.2, 0) is 19.8 Å². The third-order valence-corrected chi connectivity index (χ3v) is 4.34. The second-order valence-corrected chi connectivity index (χ2v) is 5.52. The molecule has 6 heteroatoms. The molecular formula is C18H16O6. The van der Waals surface area contributed by atoms with Crippen molar-refractivity contribution >= 4 is 17.9 Å². The molecule has 24 heavy (non-hydrogen) atoms. The number of carbonyl (C=O) groups is 3. The summed E-state index contributed by atoms with van der Waals surface area (Å²) in [5, 5.41) is 29.4. The topological polar surface area (TPSA) is 112 Å². The summed E-state index contributed by atoms with van der Waals surface area (Å²) >= 11 is 0. The Morgan fingerprint density at radius 3 is 1.25 bits per heavy atom. The van der Waals surface area contributed by atoms with E-state index in [1.54, 1.807) is 36.4 Å². The summed E-state index contributed by atoms with van der Waals surface area (Å²) in [4.78, 5) is 36.2. The van der Waals surface area contributed by atoms with E-state index in [2.05, 4.69) is 0 Å². The lowest BCUT2D eigenvalue weighted by atomic mass is 9.57. The van der Waals surface area contributed by atoms with Gasteiger partial charge in [-0.1, -0.05) is 60.7 Å². The summed E-state index contributed by atoms with van der Waals surface area (Å²) in [5.41, 5.74) is -4.76. The Morgan fingerprint density at radius 2 is 1.00 bits per heavy atom. The van der Waals surface area contributed by atoms with Gasteiger partial charge in [-0.2, -0.15) is 0 Å². The van der Waals surface area contributed by atoms with Crippen molar-refractivity contribution in [3.05, 3.63) is 71.8 Å². The van der Waals surface area contributed by atoms with Gasteiger partial charge in [-0.15, -0.1) is 0 Å². The molecule has 0 aromatic heterocycles. The summed E-state index contributed by atoms with van der Waals surface area (Å²) in [6.07, 6.45) is 0. The Balaban J connectivity index is 3.01. The summed E-state index contributed by atoms with van der Waals surface area (Å²) in [5.74, 6) is -5.01.